The van der Waals surface area contributed by atoms with E-state index in [1.165, 1.54) is 6.26 Å². The maximum atomic E-state index is 12.4. The molecule has 2 heterocycles. The lowest BCUT2D eigenvalue weighted by Gasteiger charge is -2.29. The summed E-state index contributed by atoms with van der Waals surface area (Å²) in [5, 5.41) is 3.35. The summed E-state index contributed by atoms with van der Waals surface area (Å²) in [7, 11) is 0. The van der Waals surface area contributed by atoms with Crippen LogP contribution in [0.3, 0.4) is 0 Å². The highest BCUT2D eigenvalue weighted by Gasteiger charge is 2.22. The van der Waals surface area contributed by atoms with Crippen molar-refractivity contribution in [2.75, 3.05) is 26.2 Å². The van der Waals surface area contributed by atoms with Crippen molar-refractivity contribution >= 4 is 21.8 Å². The minimum Gasteiger partial charge on any atom is -0.457 e. The van der Waals surface area contributed by atoms with Gasteiger partial charge in [-0.2, -0.15) is 0 Å². The Balaban J connectivity index is 1.99. The van der Waals surface area contributed by atoms with Crippen LogP contribution in [0, 0.1) is 5.92 Å². The van der Waals surface area contributed by atoms with Gasteiger partial charge in [-0.15, -0.1) is 0 Å². The minimum atomic E-state index is 0.0525. The van der Waals surface area contributed by atoms with Crippen LogP contribution >= 0.6 is 15.9 Å². The number of piperidine rings is 1. The number of halogens is 1. The first-order chi connectivity index (χ1) is 8.72. The van der Waals surface area contributed by atoms with Crippen LogP contribution < -0.4 is 5.32 Å². The number of hydrogen-bond acceptors (Lipinski definition) is 3. The van der Waals surface area contributed by atoms with Crippen molar-refractivity contribution in [1.82, 2.24) is 10.2 Å². The first kappa shape index (κ1) is 13.6. The Labute approximate surface area is 116 Å². The Kier molecular flexibility index (Phi) is 4.83. The van der Waals surface area contributed by atoms with Gasteiger partial charge >= 0.3 is 0 Å². The molecule has 0 spiro atoms. The third kappa shape index (κ3) is 3.14. The zero-order chi connectivity index (χ0) is 13.0. The Morgan fingerprint density at radius 3 is 2.83 bits per heavy atom. The molecule has 1 aromatic heterocycles. The normalized spacial score (nSPS) is 16.8. The van der Waals surface area contributed by atoms with Gasteiger partial charge in [-0.1, -0.05) is 0 Å². The SMILES string of the molecule is CCN(CC1CCNCC1)C(=O)c1ccoc1Br. The van der Waals surface area contributed by atoms with Gasteiger partial charge in [-0.05, 0) is 60.8 Å². The minimum absolute atomic E-state index is 0.0525. The lowest BCUT2D eigenvalue weighted by Crippen LogP contribution is -2.39. The van der Waals surface area contributed by atoms with Gasteiger partial charge in [0.15, 0.2) is 4.67 Å². The van der Waals surface area contributed by atoms with Gasteiger partial charge in [0.2, 0.25) is 0 Å². The van der Waals surface area contributed by atoms with Gasteiger partial charge in [0.05, 0.1) is 11.8 Å². The molecule has 1 N–H and O–H groups in total. The molecular weight excluding hydrogens is 296 g/mol. The molecule has 2 rings (SSSR count). The molecule has 1 saturated heterocycles. The first-order valence-electron chi connectivity index (χ1n) is 6.45. The van der Waals surface area contributed by atoms with E-state index in [1.54, 1.807) is 6.07 Å². The molecule has 18 heavy (non-hydrogen) atoms. The second-order valence-corrected chi connectivity index (χ2v) is 5.37. The molecule has 0 aliphatic carbocycles. The molecule has 0 radical (unpaired) electrons. The van der Waals surface area contributed by atoms with E-state index in [-0.39, 0.29) is 5.91 Å². The summed E-state index contributed by atoms with van der Waals surface area (Å²) < 4.78 is 5.65. The summed E-state index contributed by atoms with van der Waals surface area (Å²) >= 11 is 3.27. The van der Waals surface area contributed by atoms with Crippen LogP contribution in [0.15, 0.2) is 21.4 Å². The van der Waals surface area contributed by atoms with E-state index in [0.29, 0.717) is 16.2 Å². The van der Waals surface area contributed by atoms with Gasteiger partial charge in [-0.25, -0.2) is 0 Å². The van der Waals surface area contributed by atoms with Gasteiger partial charge in [0.1, 0.15) is 0 Å². The van der Waals surface area contributed by atoms with Crippen molar-refractivity contribution < 1.29 is 9.21 Å². The van der Waals surface area contributed by atoms with Crippen LogP contribution in [-0.2, 0) is 0 Å². The average molecular weight is 315 g/mol. The monoisotopic (exact) mass is 314 g/mol. The van der Waals surface area contributed by atoms with E-state index >= 15 is 0 Å². The summed E-state index contributed by atoms with van der Waals surface area (Å²) in [5.74, 6) is 0.664. The average Bonchev–Trinajstić information content (AvgIpc) is 2.82. The molecule has 0 unspecified atom stereocenters. The van der Waals surface area contributed by atoms with E-state index in [9.17, 15) is 4.79 Å². The topological polar surface area (TPSA) is 45.5 Å². The summed E-state index contributed by atoms with van der Waals surface area (Å²) in [6.45, 7) is 5.72. The fourth-order valence-corrected chi connectivity index (χ4v) is 2.76. The van der Waals surface area contributed by atoms with E-state index in [4.69, 9.17) is 4.42 Å². The zero-order valence-corrected chi connectivity index (χ0v) is 12.2. The molecule has 0 saturated carbocycles. The molecule has 100 valence electrons. The first-order valence-corrected chi connectivity index (χ1v) is 7.24. The standard InChI is InChI=1S/C13H19BrN2O2/c1-2-16(9-10-3-6-15-7-4-10)13(17)11-5-8-18-12(11)14/h5,8,10,15H,2-4,6-7,9H2,1H3. The Bertz CT molecular complexity index is 399. The van der Waals surface area contributed by atoms with Crippen molar-refractivity contribution in [2.45, 2.75) is 19.8 Å². The highest BCUT2D eigenvalue weighted by atomic mass is 79.9. The Morgan fingerprint density at radius 2 is 2.28 bits per heavy atom. The summed E-state index contributed by atoms with van der Waals surface area (Å²) in [6, 6.07) is 1.72. The molecule has 1 aliphatic heterocycles. The fraction of sp³-hybridized carbons (Fsp3) is 0.615. The Morgan fingerprint density at radius 1 is 1.56 bits per heavy atom. The van der Waals surface area contributed by atoms with Crippen molar-refractivity contribution in [3.63, 3.8) is 0 Å². The van der Waals surface area contributed by atoms with Crippen LogP contribution in [0.4, 0.5) is 0 Å². The highest BCUT2D eigenvalue weighted by molar-refractivity contribution is 9.10. The fourth-order valence-electron chi connectivity index (χ4n) is 2.35. The predicted molar refractivity (Wildman–Crippen MR) is 73.6 cm³/mol. The number of nitrogens with zero attached hydrogens (tertiary/aromatic N) is 1. The molecule has 1 fully saturated rings. The third-order valence-electron chi connectivity index (χ3n) is 3.45. The second-order valence-electron chi connectivity index (χ2n) is 4.65. The number of rotatable bonds is 4. The van der Waals surface area contributed by atoms with E-state index in [1.807, 2.05) is 11.8 Å². The van der Waals surface area contributed by atoms with Crippen molar-refractivity contribution in [3.05, 3.63) is 22.6 Å². The van der Waals surface area contributed by atoms with Gasteiger partial charge < -0.3 is 14.6 Å². The van der Waals surface area contributed by atoms with Crippen LogP contribution in [0.25, 0.3) is 0 Å². The number of carbonyl (C=O) groups is 1. The van der Waals surface area contributed by atoms with Gasteiger partial charge in [-0.3, -0.25) is 4.79 Å². The molecule has 1 aromatic rings. The molecule has 1 amide bonds. The number of nitrogens with one attached hydrogen (secondary N) is 1. The summed E-state index contributed by atoms with van der Waals surface area (Å²) in [6.07, 6.45) is 3.84. The van der Waals surface area contributed by atoms with Crippen molar-refractivity contribution in [3.8, 4) is 0 Å². The molecule has 0 bridgehead atoms. The van der Waals surface area contributed by atoms with Gasteiger partial charge in [0, 0.05) is 13.1 Å². The summed E-state index contributed by atoms with van der Waals surface area (Å²) in [4.78, 5) is 14.3. The van der Waals surface area contributed by atoms with Gasteiger partial charge in [0.25, 0.3) is 5.91 Å². The molecule has 1 aliphatic rings. The lowest BCUT2D eigenvalue weighted by atomic mass is 9.97. The van der Waals surface area contributed by atoms with E-state index in [2.05, 4.69) is 21.2 Å². The van der Waals surface area contributed by atoms with Crippen LogP contribution in [-0.4, -0.2) is 37.0 Å². The Hall–Kier alpha value is -0.810. The smallest absolute Gasteiger partial charge is 0.258 e. The number of amides is 1. The molecule has 4 nitrogen and oxygen atoms in total. The highest BCUT2D eigenvalue weighted by Crippen LogP contribution is 2.21. The predicted octanol–water partition coefficient (Wildman–Crippen LogP) is 2.50. The molecule has 0 aromatic carbocycles. The van der Waals surface area contributed by atoms with Crippen LogP contribution in [0.1, 0.15) is 30.1 Å². The molecular formula is C13H19BrN2O2. The maximum Gasteiger partial charge on any atom is 0.258 e. The zero-order valence-electron chi connectivity index (χ0n) is 10.6. The van der Waals surface area contributed by atoms with Crippen molar-refractivity contribution in [2.24, 2.45) is 5.92 Å². The van der Waals surface area contributed by atoms with Crippen molar-refractivity contribution in [1.29, 1.82) is 0 Å². The summed E-state index contributed by atoms with van der Waals surface area (Å²) in [5.41, 5.74) is 0.616. The number of furan rings is 1. The van der Waals surface area contributed by atoms with E-state index < -0.39 is 0 Å². The number of hydrogen-bond donors (Lipinski definition) is 1. The molecule has 0 atom stereocenters. The number of carbonyl (C=O) groups excluding carboxylic acids is 1. The van der Waals surface area contributed by atoms with Crippen LogP contribution in [0.5, 0.6) is 0 Å². The third-order valence-corrected chi connectivity index (χ3v) is 4.07. The largest absolute Gasteiger partial charge is 0.457 e. The second kappa shape index (κ2) is 6.38. The van der Waals surface area contributed by atoms with Crippen LogP contribution in [0.2, 0.25) is 0 Å². The van der Waals surface area contributed by atoms with E-state index in [0.717, 1.165) is 39.0 Å². The molecule has 5 heteroatoms. The lowest BCUT2D eigenvalue weighted by molar-refractivity contribution is 0.0725. The maximum absolute atomic E-state index is 12.4. The quantitative estimate of drug-likeness (QED) is 0.928.